The van der Waals surface area contributed by atoms with Crippen molar-refractivity contribution in [3.63, 3.8) is 0 Å². The molecule has 3 fully saturated rings. The molecule has 0 radical (unpaired) electrons. The Morgan fingerprint density at radius 3 is 1.44 bits per heavy atom. The van der Waals surface area contributed by atoms with Crippen LogP contribution in [-0.2, 0) is 0 Å². The van der Waals surface area contributed by atoms with Gasteiger partial charge in [-0.1, -0.05) is 79.1 Å². The molecule has 3 aliphatic carbocycles. The van der Waals surface area contributed by atoms with Gasteiger partial charge in [-0.05, 0) is 113 Å². The minimum atomic E-state index is 1.01. The highest BCUT2D eigenvalue weighted by Crippen LogP contribution is 2.63. The average Bonchev–Trinajstić information content (AvgIpc) is 3.52. The van der Waals surface area contributed by atoms with Crippen molar-refractivity contribution in [1.29, 1.82) is 0 Å². The number of rotatable bonds is 20. The smallest absolute Gasteiger partial charge is 0.00125 e. The van der Waals surface area contributed by atoms with E-state index in [4.69, 9.17) is 0 Å². The maximum Gasteiger partial charge on any atom is 0.00125 e. The number of nitrogens with zero attached hydrogens (tertiary/aromatic N) is 2. The third-order valence-corrected chi connectivity index (χ3v) is 10.1. The van der Waals surface area contributed by atoms with Crippen LogP contribution >= 0.6 is 0 Å². The first-order chi connectivity index (χ1) is 16.7. The predicted octanol–water partition coefficient (Wildman–Crippen LogP) is 8.65. The number of fused-ring (bicyclic) bond motifs is 5. The molecule has 34 heavy (non-hydrogen) atoms. The Kier molecular flexibility index (Phi) is 13.3. The van der Waals surface area contributed by atoms with Crippen LogP contribution in [0.15, 0.2) is 0 Å². The largest absolute Gasteiger partial charge is 0.303 e. The Balaban J connectivity index is 1.56. The summed E-state index contributed by atoms with van der Waals surface area (Å²) in [5.74, 6) is 6.37. The van der Waals surface area contributed by atoms with E-state index in [1.54, 1.807) is 25.7 Å². The summed E-state index contributed by atoms with van der Waals surface area (Å²) in [6.07, 6.45) is 23.1. The normalized spacial score (nSPS) is 30.2. The highest BCUT2D eigenvalue weighted by Gasteiger charge is 2.57. The van der Waals surface area contributed by atoms with Crippen LogP contribution in [-0.4, -0.2) is 49.1 Å². The highest BCUT2D eigenvalue weighted by atomic mass is 15.1. The van der Waals surface area contributed by atoms with E-state index in [1.807, 2.05) is 0 Å². The molecule has 6 atom stereocenters. The van der Waals surface area contributed by atoms with E-state index >= 15 is 0 Å². The summed E-state index contributed by atoms with van der Waals surface area (Å²) in [7, 11) is 0. The third-order valence-electron chi connectivity index (χ3n) is 10.1. The molecule has 6 unspecified atom stereocenters. The van der Waals surface area contributed by atoms with Crippen LogP contribution in [0.5, 0.6) is 0 Å². The topological polar surface area (TPSA) is 6.48 Å². The first-order valence-corrected chi connectivity index (χ1v) is 16.2. The molecule has 0 spiro atoms. The molecule has 3 rings (SSSR count). The SMILES string of the molecule is CCCCCN(CCCCC)CC1CC2CC1C1C(CN(CCCCC)CCCCC)CCC21. The van der Waals surface area contributed by atoms with Gasteiger partial charge in [0.15, 0.2) is 0 Å². The zero-order chi connectivity index (χ0) is 24.2. The fourth-order valence-electron chi connectivity index (χ4n) is 8.40. The van der Waals surface area contributed by atoms with Crippen molar-refractivity contribution in [2.24, 2.45) is 35.5 Å². The van der Waals surface area contributed by atoms with Gasteiger partial charge in [-0.2, -0.15) is 0 Å². The van der Waals surface area contributed by atoms with Gasteiger partial charge in [-0.25, -0.2) is 0 Å². The molecule has 0 N–H and O–H groups in total. The van der Waals surface area contributed by atoms with Crippen LogP contribution in [0, 0.1) is 35.5 Å². The van der Waals surface area contributed by atoms with E-state index < -0.39 is 0 Å². The molecule has 200 valence electrons. The molecular formula is C32H62N2. The quantitative estimate of drug-likeness (QED) is 0.163. The monoisotopic (exact) mass is 474 g/mol. The van der Waals surface area contributed by atoms with E-state index in [-0.39, 0.29) is 0 Å². The Bertz CT molecular complexity index is 499. The molecule has 2 bridgehead atoms. The van der Waals surface area contributed by atoms with Crippen LogP contribution in [0.4, 0.5) is 0 Å². The van der Waals surface area contributed by atoms with Crippen molar-refractivity contribution >= 4 is 0 Å². The molecule has 0 aromatic carbocycles. The lowest BCUT2D eigenvalue weighted by Gasteiger charge is -2.39. The Morgan fingerprint density at radius 1 is 0.500 bits per heavy atom. The van der Waals surface area contributed by atoms with Gasteiger partial charge in [0.05, 0.1) is 0 Å². The van der Waals surface area contributed by atoms with Gasteiger partial charge >= 0.3 is 0 Å². The Labute approximate surface area is 215 Å². The van der Waals surface area contributed by atoms with Gasteiger partial charge in [0, 0.05) is 13.1 Å². The summed E-state index contributed by atoms with van der Waals surface area (Å²) in [6, 6.07) is 0. The fourth-order valence-corrected chi connectivity index (χ4v) is 8.40. The van der Waals surface area contributed by atoms with E-state index in [2.05, 4.69) is 37.5 Å². The second-order valence-corrected chi connectivity index (χ2v) is 12.7. The maximum absolute atomic E-state index is 2.92. The standard InChI is InChI=1S/C32H62N2/c1-5-9-13-19-33(20-14-10-6-2)25-27-17-18-30-28-23-29(31(24-28)32(27)30)26-34(21-15-11-7-3)22-16-12-8-4/h27-32H,5-26H2,1-4H3. The summed E-state index contributed by atoms with van der Waals surface area (Å²) in [6.45, 7) is 17.7. The molecule has 3 saturated carbocycles. The van der Waals surface area contributed by atoms with Gasteiger partial charge < -0.3 is 9.80 Å². The summed E-state index contributed by atoms with van der Waals surface area (Å²) in [4.78, 5) is 5.83. The minimum absolute atomic E-state index is 1.01. The van der Waals surface area contributed by atoms with Crippen LogP contribution in [0.1, 0.15) is 130 Å². The number of unbranched alkanes of at least 4 members (excludes halogenated alkanes) is 8. The predicted molar refractivity (Wildman–Crippen MR) is 150 cm³/mol. The van der Waals surface area contributed by atoms with E-state index in [1.165, 1.54) is 116 Å². The highest BCUT2D eigenvalue weighted by molar-refractivity contribution is 5.06. The summed E-state index contributed by atoms with van der Waals surface area (Å²) >= 11 is 0. The molecule has 3 aliphatic rings. The van der Waals surface area contributed by atoms with Crippen molar-refractivity contribution in [3.8, 4) is 0 Å². The second-order valence-electron chi connectivity index (χ2n) is 12.7. The lowest BCUT2D eigenvalue weighted by molar-refractivity contribution is 0.0944. The van der Waals surface area contributed by atoms with Gasteiger partial charge in [0.1, 0.15) is 0 Å². The van der Waals surface area contributed by atoms with Crippen LogP contribution < -0.4 is 0 Å². The Morgan fingerprint density at radius 2 is 0.971 bits per heavy atom. The van der Waals surface area contributed by atoms with Gasteiger partial charge in [0.2, 0.25) is 0 Å². The zero-order valence-corrected chi connectivity index (χ0v) is 23.9. The van der Waals surface area contributed by atoms with Crippen LogP contribution in [0.2, 0.25) is 0 Å². The summed E-state index contributed by atoms with van der Waals surface area (Å²) < 4.78 is 0. The third kappa shape index (κ3) is 8.22. The van der Waals surface area contributed by atoms with Crippen molar-refractivity contribution in [3.05, 3.63) is 0 Å². The van der Waals surface area contributed by atoms with Gasteiger partial charge in [-0.3, -0.25) is 0 Å². The fraction of sp³-hybridized carbons (Fsp3) is 1.00. The average molecular weight is 475 g/mol. The summed E-state index contributed by atoms with van der Waals surface area (Å²) in [5.41, 5.74) is 0. The maximum atomic E-state index is 2.92. The van der Waals surface area contributed by atoms with E-state index in [9.17, 15) is 0 Å². The van der Waals surface area contributed by atoms with E-state index in [0.29, 0.717) is 0 Å². The van der Waals surface area contributed by atoms with Crippen molar-refractivity contribution in [2.45, 2.75) is 130 Å². The zero-order valence-electron chi connectivity index (χ0n) is 23.9. The molecule has 2 nitrogen and oxygen atoms in total. The molecule has 0 aromatic rings. The molecular weight excluding hydrogens is 412 g/mol. The molecule has 0 amide bonds. The molecule has 0 saturated heterocycles. The Hall–Kier alpha value is -0.0800. The van der Waals surface area contributed by atoms with Crippen LogP contribution in [0.25, 0.3) is 0 Å². The molecule has 0 aromatic heterocycles. The lowest BCUT2D eigenvalue weighted by Crippen LogP contribution is -2.40. The van der Waals surface area contributed by atoms with Gasteiger partial charge in [-0.15, -0.1) is 0 Å². The van der Waals surface area contributed by atoms with Gasteiger partial charge in [0.25, 0.3) is 0 Å². The first kappa shape index (κ1) is 28.5. The van der Waals surface area contributed by atoms with E-state index in [0.717, 1.165) is 35.5 Å². The second kappa shape index (κ2) is 15.9. The van der Waals surface area contributed by atoms with Crippen molar-refractivity contribution in [2.75, 3.05) is 39.3 Å². The number of hydrogen-bond donors (Lipinski definition) is 0. The van der Waals surface area contributed by atoms with Crippen LogP contribution in [0.3, 0.4) is 0 Å². The molecule has 0 heterocycles. The first-order valence-electron chi connectivity index (χ1n) is 16.2. The summed E-state index contributed by atoms with van der Waals surface area (Å²) in [5, 5.41) is 0. The number of hydrogen-bond acceptors (Lipinski definition) is 2. The molecule has 0 aliphatic heterocycles. The molecule has 2 heteroatoms. The van der Waals surface area contributed by atoms with Crippen molar-refractivity contribution in [1.82, 2.24) is 9.80 Å². The van der Waals surface area contributed by atoms with Crippen molar-refractivity contribution < 1.29 is 0 Å². The lowest BCUT2D eigenvalue weighted by atomic mass is 9.72. The minimum Gasteiger partial charge on any atom is -0.303 e.